The SMILES string of the molecule is COc1cc(C(=O)N2CC[C@H](O[Si](C)(C)C(C)(C)C)[C@H]2CO)c([N+](=O)[O-])cc1OC. The van der Waals surface area contributed by atoms with Crippen molar-refractivity contribution in [2.24, 2.45) is 0 Å². The minimum absolute atomic E-state index is 0.0213. The second-order valence-electron chi connectivity index (χ2n) is 8.94. The van der Waals surface area contributed by atoms with Gasteiger partial charge in [-0.05, 0) is 24.6 Å². The highest BCUT2D eigenvalue weighted by atomic mass is 28.4. The molecule has 1 aliphatic heterocycles. The first-order chi connectivity index (χ1) is 13.9. The number of aliphatic hydroxyl groups excluding tert-OH is 1. The summed E-state index contributed by atoms with van der Waals surface area (Å²) in [6, 6.07) is 1.93. The molecule has 0 bridgehead atoms. The molecule has 2 atom stereocenters. The van der Waals surface area contributed by atoms with E-state index in [1.807, 2.05) is 0 Å². The molecule has 1 aliphatic rings. The topological polar surface area (TPSA) is 111 Å². The predicted octanol–water partition coefficient (Wildman–Crippen LogP) is 3.21. The number of nitrogens with zero attached hydrogens (tertiary/aromatic N) is 2. The van der Waals surface area contributed by atoms with Gasteiger partial charge in [-0.25, -0.2) is 0 Å². The van der Waals surface area contributed by atoms with Crippen LogP contribution in [-0.4, -0.2) is 68.7 Å². The van der Waals surface area contributed by atoms with Gasteiger partial charge in [0.15, 0.2) is 19.8 Å². The first kappa shape index (κ1) is 24.1. The molecule has 0 saturated carbocycles. The summed E-state index contributed by atoms with van der Waals surface area (Å²) < 4.78 is 16.8. The summed E-state index contributed by atoms with van der Waals surface area (Å²) in [4.78, 5) is 25.7. The fourth-order valence-electron chi connectivity index (χ4n) is 3.33. The van der Waals surface area contributed by atoms with E-state index in [4.69, 9.17) is 13.9 Å². The molecule has 0 unspecified atom stereocenters. The van der Waals surface area contributed by atoms with Crippen molar-refractivity contribution < 1.29 is 28.7 Å². The second-order valence-corrected chi connectivity index (χ2v) is 13.7. The van der Waals surface area contributed by atoms with Gasteiger partial charge in [-0.1, -0.05) is 20.8 Å². The third-order valence-corrected chi connectivity index (χ3v) is 10.6. The maximum Gasteiger partial charge on any atom is 0.286 e. The van der Waals surface area contributed by atoms with Gasteiger partial charge in [-0.3, -0.25) is 14.9 Å². The molecule has 9 nitrogen and oxygen atoms in total. The van der Waals surface area contributed by atoms with E-state index in [0.717, 1.165) is 0 Å². The zero-order valence-corrected chi connectivity index (χ0v) is 19.7. The van der Waals surface area contributed by atoms with Gasteiger partial charge in [0.05, 0.1) is 44.0 Å². The van der Waals surface area contributed by atoms with Crippen LogP contribution in [0.5, 0.6) is 11.5 Å². The molecule has 1 fully saturated rings. The Hall–Kier alpha value is -2.17. The average Bonchev–Trinajstić information content (AvgIpc) is 3.06. The predicted molar refractivity (Wildman–Crippen MR) is 115 cm³/mol. The number of likely N-dealkylation sites (tertiary alicyclic amines) is 1. The molecule has 1 aromatic carbocycles. The highest BCUT2D eigenvalue weighted by Crippen LogP contribution is 2.40. The summed E-state index contributed by atoms with van der Waals surface area (Å²) in [6.07, 6.45) is 0.240. The van der Waals surface area contributed by atoms with E-state index in [9.17, 15) is 20.0 Å². The van der Waals surface area contributed by atoms with Gasteiger partial charge in [0, 0.05) is 12.6 Å². The Morgan fingerprint density at radius 1 is 1.27 bits per heavy atom. The molecular formula is C20H32N2O7Si. The van der Waals surface area contributed by atoms with Crippen molar-refractivity contribution in [1.82, 2.24) is 4.90 Å². The molecular weight excluding hydrogens is 408 g/mol. The van der Waals surface area contributed by atoms with E-state index in [1.165, 1.54) is 31.3 Å². The lowest BCUT2D eigenvalue weighted by atomic mass is 10.1. The van der Waals surface area contributed by atoms with Crippen molar-refractivity contribution >= 4 is 19.9 Å². The quantitative estimate of drug-likeness (QED) is 0.394. The number of nitro groups is 1. The fraction of sp³-hybridized carbons (Fsp3) is 0.650. The summed E-state index contributed by atoms with van der Waals surface area (Å²) in [5, 5.41) is 21.6. The molecule has 1 heterocycles. The third-order valence-electron chi connectivity index (χ3n) is 6.11. The number of hydrogen-bond acceptors (Lipinski definition) is 7. The number of aliphatic hydroxyl groups is 1. The number of benzene rings is 1. The molecule has 0 spiro atoms. The van der Waals surface area contributed by atoms with Gasteiger partial charge in [0.25, 0.3) is 11.6 Å². The van der Waals surface area contributed by atoms with Crippen molar-refractivity contribution in [3.05, 3.63) is 27.8 Å². The Bertz CT molecular complexity index is 807. The number of rotatable bonds is 7. The van der Waals surface area contributed by atoms with Gasteiger partial charge < -0.3 is 23.9 Å². The number of ether oxygens (including phenoxy) is 2. The van der Waals surface area contributed by atoms with Crippen LogP contribution in [0, 0.1) is 10.1 Å². The largest absolute Gasteiger partial charge is 0.493 e. The summed E-state index contributed by atoms with van der Waals surface area (Å²) >= 11 is 0. The number of amides is 1. The van der Waals surface area contributed by atoms with E-state index < -0.39 is 25.2 Å². The van der Waals surface area contributed by atoms with Crippen LogP contribution in [0.2, 0.25) is 18.1 Å². The van der Waals surface area contributed by atoms with Crippen molar-refractivity contribution in [3.63, 3.8) is 0 Å². The lowest BCUT2D eigenvalue weighted by Crippen LogP contribution is -2.49. The van der Waals surface area contributed by atoms with E-state index in [0.29, 0.717) is 13.0 Å². The monoisotopic (exact) mass is 440 g/mol. The van der Waals surface area contributed by atoms with Crippen LogP contribution >= 0.6 is 0 Å². The zero-order chi connectivity index (χ0) is 22.9. The first-order valence-electron chi connectivity index (χ1n) is 9.88. The summed E-state index contributed by atoms with van der Waals surface area (Å²) in [5.41, 5.74) is -0.479. The smallest absolute Gasteiger partial charge is 0.286 e. The molecule has 1 aromatic rings. The molecule has 10 heteroatoms. The zero-order valence-electron chi connectivity index (χ0n) is 18.7. The van der Waals surface area contributed by atoms with Crippen LogP contribution in [0.1, 0.15) is 37.6 Å². The van der Waals surface area contributed by atoms with Gasteiger partial charge >= 0.3 is 0 Å². The van der Waals surface area contributed by atoms with E-state index in [1.54, 1.807) is 0 Å². The van der Waals surface area contributed by atoms with Crippen LogP contribution in [0.4, 0.5) is 5.69 Å². The number of nitro benzene ring substituents is 1. The molecule has 30 heavy (non-hydrogen) atoms. The van der Waals surface area contributed by atoms with E-state index in [2.05, 4.69) is 33.9 Å². The third kappa shape index (κ3) is 4.60. The molecule has 2 rings (SSSR count). The van der Waals surface area contributed by atoms with E-state index in [-0.39, 0.29) is 40.5 Å². The van der Waals surface area contributed by atoms with Crippen LogP contribution in [0.15, 0.2) is 12.1 Å². The van der Waals surface area contributed by atoms with Crippen molar-refractivity contribution in [1.29, 1.82) is 0 Å². The minimum atomic E-state index is -2.12. The maximum atomic E-state index is 13.3. The van der Waals surface area contributed by atoms with Gasteiger partial charge in [0.2, 0.25) is 0 Å². The second kappa shape index (κ2) is 8.91. The Labute approximate surface area is 178 Å². The van der Waals surface area contributed by atoms with Crippen molar-refractivity contribution in [3.8, 4) is 11.5 Å². The summed E-state index contributed by atoms with van der Waals surface area (Å²) in [6.45, 7) is 10.7. The number of carbonyl (C=O) groups excluding carboxylic acids is 1. The van der Waals surface area contributed by atoms with Gasteiger partial charge in [-0.15, -0.1) is 0 Å². The molecule has 0 aromatic heterocycles. The minimum Gasteiger partial charge on any atom is -0.493 e. The summed E-state index contributed by atoms with van der Waals surface area (Å²) in [5.74, 6) is -0.150. The Morgan fingerprint density at radius 2 is 1.83 bits per heavy atom. The molecule has 0 aliphatic carbocycles. The fourth-order valence-corrected chi connectivity index (χ4v) is 4.72. The summed E-state index contributed by atoms with van der Waals surface area (Å²) in [7, 11) is 0.644. The lowest BCUT2D eigenvalue weighted by Gasteiger charge is -2.40. The van der Waals surface area contributed by atoms with Crippen LogP contribution < -0.4 is 9.47 Å². The first-order valence-corrected chi connectivity index (χ1v) is 12.8. The average molecular weight is 441 g/mol. The maximum absolute atomic E-state index is 13.3. The van der Waals surface area contributed by atoms with Gasteiger partial charge in [0.1, 0.15) is 5.56 Å². The van der Waals surface area contributed by atoms with Crippen LogP contribution in [-0.2, 0) is 4.43 Å². The normalized spacial score (nSPS) is 19.7. The molecule has 0 radical (unpaired) electrons. The number of hydrogen-bond donors (Lipinski definition) is 1. The lowest BCUT2D eigenvalue weighted by molar-refractivity contribution is -0.385. The van der Waals surface area contributed by atoms with Crippen LogP contribution in [0.25, 0.3) is 0 Å². The van der Waals surface area contributed by atoms with Gasteiger partial charge in [-0.2, -0.15) is 0 Å². The van der Waals surface area contributed by atoms with Crippen molar-refractivity contribution in [2.75, 3.05) is 27.4 Å². The molecule has 1 amide bonds. The van der Waals surface area contributed by atoms with Crippen LogP contribution in [0.3, 0.4) is 0 Å². The Kier molecular flexibility index (Phi) is 7.15. The standard InChI is InChI=1S/C20H32N2O7Si/c1-20(2,3)30(6,7)29-16-8-9-21(15(16)12-23)19(24)13-10-17(27-4)18(28-5)11-14(13)22(25)26/h10-11,15-16,23H,8-9,12H2,1-7H3/t15-,16+/m1/s1. The Morgan fingerprint density at radius 3 is 2.30 bits per heavy atom. The Balaban J connectivity index is 2.38. The highest BCUT2D eigenvalue weighted by molar-refractivity contribution is 6.74. The number of carbonyl (C=O) groups is 1. The number of methoxy groups -OCH3 is 2. The molecule has 168 valence electrons. The van der Waals surface area contributed by atoms with Crippen molar-refractivity contribution in [2.45, 2.75) is 57.5 Å². The van der Waals surface area contributed by atoms with E-state index >= 15 is 0 Å². The molecule has 1 saturated heterocycles. The molecule has 1 N–H and O–H groups in total. The highest BCUT2D eigenvalue weighted by Gasteiger charge is 2.45.